The molecular weight excluding hydrogens is 167 g/mol. The molecule has 0 aliphatic carbocycles. The highest BCUT2D eigenvalue weighted by atomic mass is 17.1. The van der Waals surface area contributed by atoms with E-state index in [9.17, 15) is 0 Å². The quantitative estimate of drug-likeness (QED) is 0.253. The third kappa shape index (κ3) is 9.86. The number of hydrogen-bond donors (Lipinski definition) is 2. The van der Waals surface area contributed by atoms with E-state index in [1.165, 1.54) is 32.1 Å². The lowest BCUT2D eigenvalue weighted by molar-refractivity contribution is -0.157. The summed E-state index contributed by atoms with van der Waals surface area (Å²) in [6, 6.07) is 0. The summed E-state index contributed by atoms with van der Waals surface area (Å²) in [5.74, 6) is 0. The summed E-state index contributed by atoms with van der Waals surface area (Å²) in [6.07, 6.45) is 8.99. The SMILES string of the molecule is CCCCCCCCCB(O)OO. The van der Waals surface area contributed by atoms with E-state index >= 15 is 0 Å². The van der Waals surface area contributed by atoms with Gasteiger partial charge in [-0.1, -0.05) is 51.9 Å². The highest BCUT2D eigenvalue weighted by Crippen LogP contribution is 2.09. The van der Waals surface area contributed by atoms with Gasteiger partial charge in [0.1, 0.15) is 0 Å². The first-order valence-electron chi connectivity index (χ1n) is 5.29. The van der Waals surface area contributed by atoms with Crippen LogP contribution in [-0.4, -0.2) is 17.4 Å². The van der Waals surface area contributed by atoms with Gasteiger partial charge in [0.05, 0.1) is 0 Å². The van der Waals surface area contributed by atoms with Crippen molar-refractivity contribution in [3.8, 4) is 0 Å². The average Bonchev–Trinajstić information content (AvgIpc) is 2.16. The topological polar surface area (TPSA) is 49.7 Å². The molecule has 0 bridgehead atoms. The van der Waals surface area contributed by atoms with Crippen molar-refractivity contribution in [2.75, 3.05) is 0 Å². The fourth-order valence-corrected chi connectivity index (χ4v) is 1.33. The predicted molar refractivity (Wildman–Crippen MR) is 54.5 cm³/mol. The molecule has 0 saturated carbocycles. The molecule has 4 heteroatoms. The summed E-state index contributed by atoms with van der Waals surface area (Å²) in [7, 11) is -0.990. The minimum absolute atomic E-state index is 0.532. The van der Waals surface area contributed by atoms with Gasteiger partial charge in [-0.05, 0) is 6.32 Å². The molecule has 0 rings (SSSR count). The van der Waals surface area contributed by atoms with Crippen LogP contribution in [0.3, 0.4) is 0 Å². The van der Waals surface area contributed by atoms with Gasteiger partial charge in [0, 0.05) is 0 Å². The lowest BCUT2D eigenvalue weighted by Gasteiger charge is -2.01. The first-order valence-corrected chi connectivity index (χ1v) is 5.29. The van der Waals surface area contributed by atoms with Gasteiger partial charge in [-0.15, -0.1) is 0 Å². The minimum atomic E-state index is -0.990. The predicted octanol–water partition coefficient (Wildman–Crippen LogP) is 2.71. The smallest absolute Gasteiger partial charge is 0.425 e. The summed E-state index contributed by atoms with van der Waals surface area (Å²) in [5, 5.41) is 16.9. The van der Waals surface area contributed by atoms with Gasteiger partial charge < -0.3 is 5.02 Å². The molecule has 0 fully saturated rings. The van der Waals surface area contributed by atoms with Crippen LogP contribution in [0, 0.1) is 0 Å². The Morgan fingerprint density at radius 2 is 1.54 bits per heavy atom. The Morgan fingerprint density at radius 3 is 2.08 bits per heavy atom. The Hall–Kier alpha value is -0.0551. The van der Waals surface area contributed by atoms with E-state index < -0.39 is 7.12 Å². The Morgan fingerprint density at radius 1 is 1.00 bits per heavy atom. The number of hydrogen-bond acceptors (Lipinski definition) is 3. The highest BCUT2D eigenvalue weighted by Gasteiger charge is 2.10. The van der Waals surface area contributed by atoms with Crippen molar-refractivity contribution in [1.82, 2.24) is 0 Å². The van der Waals surface area contributed by atoms with Crippen LogP contribution in [0.5, 0.6) is 0 Å². The zero-order valence-corrected chi connectivity index (χ0v) is 8.54. The van der Waals surface area contributed by atoms with E-state index in [1.54, 1.807) is 0 Å². The van der Waals surface area contributed by atoms with Crippen molar-refractivity contribution in [3.63, 3.8) is 0 Å². The van der Waals surface area contributed by atoms with Crippen LogP contribution in [0.4, 0.5) is 0 Å². The lowest BCUT2D eigenvalue weighted by Crippen LogP contribution is -2.14. The third-order valence-corrected chi connectivity index (χ3v) is 2.18. The number of rotatable bonds is 9. The van der Waals surface area contributed by atoms with Crippen LogP contribution in [0.1, 0.15) is 51.9 Å². The van der Waals surface area contributed by atoms with E-state index in [1.807, 2.05) is 0 Å². The molecule has 0 aromatic heterocycles. The van der Waals surface area contributed by atoms with E-state index in [0.717, 1.165) is 12.8 Å². The molecule has 0 atom stereocenters. The molecule has 0 aromatic carbocycles. The maximum Gasteiger partial charge on any atom is 0.487 e. The standard InChI is InChI=1S/C9H21BO3/c1-2-3-4-5-6-7-8-9-10(11)13-12/h11-12H,2-9H2,1H3. The molecular formula is C9H21BO3. The first-order chi connectivity index (χ1) is 6.31. The van der Waals surface area contributed by atoms with Crippen LogP contribution in [0.15, 0.2) is 0 Å². The molecule has 0 saturated heterocycles. The van der Waals surface area contributed by atoms with Gasteiger partial charge in [-0.25, -0.2) is 0 Å². The maximum atomic E-state index is 8.83. The van der Waals surface area contributed by atoms with Gasteiger partial charge in [0.15, 0.2) is 0 Å². The monoisotopic (exact) mass is 188 g/mol. The fraction of sp³-hybridized carbons (Fsp3) is 1.00. The molecule has 0 heterocycles. The molecule has 0 aliphatic rings. The maximum absolute atomic E-state index is 8.83. The second-order valence-corrected chi connectivity index (χ2v) is 3.47. The third-order valence-electron chi connectivity index (χ3n) is 2.18. The van der Waals surface area contributed by atoms with Gasteiger partial charge >= 0.3 is 7.12 Å². The average molecular weight is 188 g/mol. The lowest BCUT2D eigenvalue weighted by atomic mass is 9.83. The Balaban J connectivity index is 2.91. The summed E-state index contributed by atoms with van der Waals surface area (Å²) in [5.41, 5.74) is 0. The summed E-state index contributed by atoms with van der Waals surface area (Å²) in [6.45, 7) is 2.20. The van der Waals surface area contributed by atoms with Gasteiger partial charge in [0.25, 0.3) is 0 Å². The molecule has 3 nitrogen and oxygen atoms in total. The molecule has 0 aliphatic heterocycles. The van der Waals surface area contributed by atoms with Crippen molar-refractivity contribution < 1.29 is 15.1 Å². The molecule has 78 valence electrons. The van der Waals surface area contributed by atoms with Crippen molar-refractivity contribution in [2.45, 2.75) is 58.2 Å². The summed E-state index contributed by atoms with van der Waals surface area (Å²) in [4.78, 5) is 3.75. The molecule has 2 N–H and O–H groups in total. The van der Waals surface area contributed by atoms with E-state index in [2.05, 4.69) is 11.7 Å². The second-order valence-electron chi connectivity index (χ2n) is 3.47. The van der Waals surface area contributed by atoms with Crippen LogP contribution >= 0.6 is 0 Å². The van der Waals surface area contributed by atoms with Gasteiger partial charge in [0.2, 0.25) is 0 Å². The van der Waals surface area contributed by atoms with E-state index in [-0.39, 0.29) is 0 Å². The van der Waals surface area contributed by atoms with E-state index in [4.69, 9.17) is 10.3 Å². The van der Waals surface area contributed by atoms with Crippen LogP contribution in [0.2, 0.25) is 6.32 Å². The van der Waals surface area contributed by atoms with Crippen molar-refractivity contribution in [2.24, 2.45) is 0 Å². The van der Waals surface area contributed by atoms with Crippen LogP contribution in [0.25, 0.3) is 0 Å². The van der Waals surface area contributed by atoms with Crippen molar-refractivity contribution in [1.29, 1.82) is 0 Å². The van der Waals surface area contributed by atoms with Crippen molar-refractivity contribution >= 4 is 7.12 Å². The second kappa shape index (κ2) is 10.0. The Labute approximate surface area is 81.2 Å². The zero-order valence-electron chi connectivity index (χ0n) is 8.54. The molecule has 13 heavy (non-hydrogen) atoms. The largest absolute Gasteiger partial charge is 0.487 e. The fourth-order valence-electron chi connectivity index (χ4n) is 1.33. The normalized spacial score (nSPS) is 10.4. The summed E-state index contributed by atoms with van der Waals surface area (Å²) >= 11 is 0. The highest BCUT2D eigenvalue weighted by molar-refractivity contribution is 6.42. The Kier molecular flexibility index (Phi) is 9.99. The molecule has 0 aromatic rings. The number of unbranched alkanes of at least 4 members (excludes halogenated alkanes) is 6. The Bertz CT molecular complexity index is 101. The molecule has 0 radical (unpaired) electrons. The molecule has 0 spiro atoms. The van der Waals surface area contributed by atoms with Crippen molar-refractivity contribution in [3.05, 3.63) is 0 Å². The first kappa shape index (κ1) is 12.9. The summed E-state index contributed by atoms with van der Waals surface area (Å²) < 4.78 is 0. The van der Waals surface area contributed by atoms with E-state index in [0.29, 0.717) is 6.32 Å². The van der Waals surface area contributed by atoms with Crippen LogP contribution in [-0.2, 0) is 4.81 Å². The zero-order chi connectivity index (χ0) is 9.94. The van der Waals surface area contributed by atoms with Gasteiger partial charge in [-0.3, -0.25) is 10.1 Å². The minimum Gasteiger partial charge on any atom is -0.425 e. The molecule has 0 amide bonds. The van der Waals surface area contributed by atoms with Crippen LogP contribution < -0.4 is 0 Å². The van der Waals surface area contributed by atoms with Gasteiger partial charge in [-0.2, -0.15) is 0 Å². The molecule has 0 unspecified atom stereocenters.